The van der Waals surface area contributed by atoms with Crippen LogP contribution in [0.15, 0.2) is 127 Å². The minimum Gasteiger partial charge on any atom is -0.505 e. The van der Waals surface area contributed by atoms with Gasteiger partial charge in [0.1, 0.15) is 47.7 Å². The predicted octanol–water partition coefficient (Wildman–Crippen LogP) is 12.0. The van der Waals surface area contributed by atoms with Crippen molar-refractivity contribution in [1.82, 2.24) is 19.9 Å². The molecule has 484 valence electrons. The summed E-state index contributed by atoms with van der Waals surface area (Å²) >= 11 is 0. The van der Waals surface area contributed by atoms with Crippen molar-refractivity contribution in [2.24, 2.45) is 0 Å². The Balaban J connectivity index is 0.000000210. The van der Waals surface area contributed by atoms with E-state index in [-0.39, 0.29) is 47.5 Å². The topological polar surface area (TPSA) is 311 Å². The maximum Gasteiger partial charge on any atom is 0.360 e. The highest BCUT2D eigenvalue weighted by atomic mass is 16.6. The number of nitrogens with zero attached hydrogens (tertiary/aromatic N) is 4. The number of fused-ring (bicyclic) bond motifs is 3. The van der Waals surface area contributed by atoms with Gasteiger partial charge in [0, 0.05) is 73.5 Å². The molecule has 6 aromatic carbocycles. The average Bonchev–Trinajstić information content (AvgIpc) is 0.795. The molecule has 0 fully saturated rings. The van der Waals surface area contributed by atoms with E-state index in [9.17, 15) is 48.6 Å². The number of aromatic hydroxyl groups is 2. The maximum atomic E-state index is 12.3. The Morgan fingerprint density at radius 1 is 0.387 bits per heavy atom. The number of carbonyl (C=O) groups excluding carboxylic acids is 8. The molecule has 0 aliphatic heterocycles. The molecule has 93 heavy (non-hydrogen) atoms. The van der Waals surface area contributed by atoms with Gasteiger partial charge in [0.15, 0.2) is 34.3 Å². The van der Waals surface area contributed by atoms with Crippen LogP contribution in [0.3, 0.4) is 0 Å². The molecule has 0 bridgehead atoms. The van der Waals surface area contributed by atoms with Crippen LogP contribution < -0.4 is 18.9 Å². The lowest BCUT2D eigenvalue weighted by Crippen LogP contribution is -2.15. The van der Waals surface area contributed by atoms with Gasteiger partial charge >= 0.3 is 47.8 Å². The van der Waals surface area contributed by atoms with Crippen LogP contribution >= 0.6 is 0 Å². The first-order valence-corrected chi connectivity index (χ1v) is 28.2. The van der Waals surface area contributed by atoms with E-state index in [0.29, 0.717) is 85.1 Å². The molecule has 24 heteroatoms. The Kier molecular flexibility index (Phi) is 24.9. The minimum atomic E-state index is -0.799. The van der Waals surface area contributed by atoms with Gasteiger partial charge in [-0.2, -0.15) is 0 Å². The summed E-state index contributed by atoms with van der Waals surface area (Å²) in [5.41, 5.74) is 4.07. The summed E-state index contributed by atoms with van der Waals surface area (Å²) in [6, 6.07) is 38.0. The summed E-state index contributed by atoms with van der Waals surface area (Å²) in [6.07, 6.45) is 0. The molecule has 2 N–H and O–H groups in total. The zero-order chi connectivity index (χ0) is 68.2. The van der Waals surface area contributed by atoms with Crippen molar-refractivity contribution < 1.29 is 95.9 Å². The largest absolute Gasteiger partial charge is 0.505 e. The Labute approximate surface area is 534 Å². The second kappa shape index (κ2) is 32.8. The van der Waals surface area contributed by atoms with E-state index in [1.807, 2.05) is 125 Å². The summed E-state index contributed by atoms with van der Waals surface area (Å²) in [5, 5.41) is 24.2. The fourth-order valence-corrected chi connectivity index (χ4v) is 8.59. The molecule has 0 spiro atoms. The highest BCUT2D eigenvalue weighted by molar-refractivity contribution is 6.03. The monoisotopic (exact) mass is 1270 g/mol. The molecule has 0 saturated heterocycles. The molecule has 9 rings (SSSR count). The zero-order valence-corrected chi connectivity index (χ0v) is 53.3. The van der Waals surface area contributed by atoms with Crippen LogP contribution in [0.1, 0.15) is 99.9 Å². The van der Waals surface area contributed by atoms with Gasteiger partial charge in [0.2, 0.25) is 0 Å². The van der Waals surface area contributed by atoms with Crippen molar-refractivity contribution >= 4 is 80.1 Å². The number of pyridine rings is 3. The Hall–Kier alpha value is -11.5. The van der Waals surface area contributed by atoms with E-state index in [0.717, 1.165) is 22.1 Å². The van der Waals surface area contributed by atoms with E-state index >= 15 is 0 Å². The maximum absolute atomic E-state index is 12.3. The molecule has 0 atom stereocenters. The van der Waals surface area contributed by atoms with Gasteiger partial charge in [0.05, 0.1) is 38.4 Å². The lowest BCUT2D eigenvalue weighted by molar-refractivity contribution is -0.156. The van der Waals surface area contributed by atoms with Crippen LogP contribution in [0, 0.1) is 20.8 Å². The SMILES string of the molecule is CC(=O)OC(C)=O.COC(=O)c1nc(CN(C)C)c2ccc(Oc3ccc(C)cc3)cc2c1O.COC(=O)c1nc(COC(C)=O)c2ccc(Oc3ccc(C)cc3)cc2c1O.COC(=O)c1nc(COC(C)=O)c2ccc(Oc3ccc(C)cc3)cc2c1OC(C)=O. The van der Waals surface area contributed by atoms with Gasteiger partial charge in [-0.05, 0) is 126 Å². The smallest absolute Gasteiger partial charge is 0.360 e. The van der Waals surface area contributed by atoms with E-state index in [1.165, 1.54) is 55.9 Å². The highest BCUT2D eigenvalue weighted by Gasteiger charge is 2.26. The van der Waals surface area contributed by atoms with E-state index < -0.39 is 47.8 Å². The summed E-state index contributed by atoms with van der Waals surface area (Å²) in [5.74, 6) is -2.22. The predicted molar refractivity (Wildman–Crippen MR) is 338 cm³/mol. The highest BCUT2D eigenvalue weighted by Crippen LogP contribution is 2.39. The molecule has 0 saturated carbocycles. The second-order valence-electron chi connectivity index (χ2n) is 20.6. The molecular weight excluding hydrogens is 1200 g/mol. The number of methoxy groups -OCH3 is 3. The van der Waals surface area contributed by atoms with Crippen LogP contribution in [0.2, 0.25) is 0 Å². The van der Waals surface area contributed by atoms with Crippen molar-refractivity contribution in [1.29, 1.82) is 0 Å². The third-order valence-electron chi connectivity index (χ3n) is 12.8. The number of benzene rings is 6. The average molecular weight is 1270 g/mol. The van der Waals surface area contributed by atoms with Crippen LogP contribution in [-0.2, 0) is 72.2 Å². The molecule has 3 aromatic heterocycles. The number of ether oxygens (including phenoxy) is 10. The number of hydrogen-bond donors (Lipinski definition) is 2. The first-order chi connectivity index (χ1) is 44.2. The van der Waals surface area contributed by atoms with E-state index in [4.69, 9.17) is 37.9 Å². The summed E-state index contributed by atoms with van der Waals surface area (Å²) in [7, 11) is 7.46. The van der Waals surface area contributed by atoms with Crippen molar-refractivity contribution in [2.45, 2.75) is 75.1 Å². The van der Waals surface area contributed by atoms with Crippen LogP contribution in [-0.4, -0.2) is 113 Å². The number of aryl methyl sites for hydroxylation is 3. The number of carbonyl (C=O) groups is 8. The molecule has 9 aromatic rings. The Morgan fingerprint density at radius 2 is 0.699 bits per heavy atom. The zero-order valence-electron chi connectivity index (χ0n) is 53.3. The lowest BCUT2D eigenvalue weighted by atomic mass is 10.1. The number of hydrogen-bond acceptors (Lipinski definition) is 24. The van der Waals surface area contributed by atoms with Crippen LogP contribution in [0.5, 0.6) is 51.7 Å². The summed E-state index contributed by atoms with van der Waals surface area (Å²) < 4.78 is 51.2. The van der Waals surface area contributed by atoms with Gasteiger partial charge in [-0.25, -0.2) is 29.3 Å². The number of aromatic nitrogens is 3. The molecule has 0 aliphatic rings. The molecule has 24 nitrogen and oxygen atoms in total. The number of esters is 8. The summed E-state index contributed by atoms with van der Waals surface area (Å²) in [4.78, 5) is 105. The molecule has 0 radical (unpaired) electrons. The van der Waals surface area contributed by atoms with Crippen LogP contribution in [0.4, 0.5) is 0 Å². The van der Waals surface area contributed by atoms with Crippen molar-refractivity contribution in [3.8, 4) is 51.7 Å². The molecule has 0 unspecified atom stereocenters. The van der Waals surface area contributed by atoms with Gasteiger partial charge in [-0.1, -0.05) is 53.1 Å². The standard InChI is InChI=1S/C23H21NO7.C21H22N2O4.C21H19NO6.C4H6O3/c1-13-5-7-16(8-6-13)31-17-9-10-18-19(11-17)22(30-15(3)26)21(23(27)28-4)24-20(18)12-29-14(2)25;1-13-5-7-14(8-6-13)27-15-9-10-16-17(11-15)20(24)19(21(25)26-4)22-18(16)12-23(2)3;1-12-4-6-14(7-5-12)28-15-8-9-16-17(10-15)20(24)19(21(25)26-3)22-18(16)11-27-13(2)23;1-3(5)7-4(2)6/h5-11H,12H2,1-4H3;5-11,24H,12H2,1-4H3;4-10,24H,11H2,1-3H3;1-2H3. The number of rotatable bonds is 16. The third kappa shape index (κ3) is 20.0. The third-order valence-corrected chi connectivity index (χ3v) is 12.8. The van der Waals surface area contributed by atoms with Gasteiger partial charge in [0.25, 0.3) is 0 Å². The first kappa shape index (κ1) is 70.6. The quantitative estimate of drug-likeness (QED) is 0.0516. The van der Waals surface area contributed by atoms with E-state index in [2.05, 4.69) is 24.4 Å². The van der Waals surface area contributed by atoms with Gasteiger partial charge in [-0.15, -0.1) is 0 Å². The fraction of sp³-hybridized carbons (Fsp3) is 0.232. The Morgan fingerprint density at radius 3 is 1.02 bits per heavy atom. The lowest BCUT2D eigenvalue weighted by Gasteiger charge is -2.15. The molecule has 0 aliphatic carbocycles. The molecule has 3 heterocycles. The van der Waals surface area contributed by atoms with Gasteiger partial charge < -0.3 is 62.5 Å². The van der Waals surface area contributed by atoms with Crippen molar-refractivity contribution in [3.05, 3.63) is 178 Å². The minimum absolute atomic E-state index is 0.0599. The van der Waals surface area contributed by atoms with Gasteiger partial charge in [-0.3, -0.25) is 24.0 Å². The fourth-order valence-electron chi connectivity index (χ4n) is 8.59. The van der Waals surface area contributed by atoms with Crippen LogP contribution in [0.25, 0.3) is 32.3 Å². The van der Waals surface area contributed by atoms with Crippen molar-refractivity contribution in [2.75, 3.05) is 35.4 Å². The second-order valence-corrected chi connectivity index (χ2v) is 20.6. The normalized spacial score (nSPS) is 10.4. The molecular formula is C69H68N4O20. The Bertz CT molecular complexity index is 4230. The van der Waals surface area contributed by atoms with E-state index in [1.54, 1.807) is 42.5 Å². The van der Waals surface area contributed by atoms with Crippen molar-refractivity contribution in [3.63, 3.8) is 0 Å². The molecule has 0 amide bonds. The summed E-state index contributed by atoms with van der Waals surface area (Å²) in [6.45, 7) is 12.3. The first-order valence-electron chi connectivity index (χ1n) is 28.2.